The Hall–Kier alpha value is -2.37. The summed E-state index contributed by atoms with van der Waals surface area (Å²) in [5.41, 5.74) is 0. The standard InChI is InChI=1S/C58H102O9/c1-3-5-7-9-11-13-15-17-19-21-23-24-25-26-27-28-29-30-32-34-36-38-40-42-44-46-48-64-50-52(51-65-58-57(63)56(62)55(61)53(49-59)67-58)66-54(60)47-45-43-41-39-37-35-33-31-22-20-18-16-14-12-10-8-6-4-2/h5,7,11,13-14,16-17,19-20,22-24,52-53,55-59,61-63H,3-4,6,8-10,12,15,18,21,25-51H2,1-2H3/b7-5-,13-11-,16-14-,19-17-,22-20-,24-23-. The number of aliphatic hydroxyl groups is 4. The van der Waals surface area contributed by atoms with Crippen molar-refractivity contribution in [1.29, 1.82) is 0 Å². The van der Waals surface area contributed by atoms with Crippen LogP contribution in [0.15, 0.2) is 72.9 Å². The van der Waals surface area contributed by atoms with Crippen molar-refractivity contribution in [2.24, 2.45) is 0 Å². The number of hydrogen-bond acceptors (Lipinski definition) is 9. The quantitative estimate of drug-likeness (QED) is 0.0267. The first kappa shape index (κ1) is 62.6. The lowest BCUT2D eigenvalue weighted by Gasteiger charge is -2.39. The molecule has 0 saturated carbocycles. The van der Waals surface area contributed by atoms with Crippen LogP contribution in [0.2, 0.25) is 0 Å². The molecule has 4 N–H and O–H groups in total. The van der Waals surface area contributed by atoms with Gasteiger partial charge in [0.15, 0.2) is 6.29 Å². The summed E-state index contributed by atoms with van der Waals surface area (Å²) >= 11 is 0. The molecule has 0 aliphatic carbocycles. The molecule has 0 bridgehead atoms. The van der Waals surface area contributed by atoms with Gasteiger partial charge in [-0.3, -0.25) is 4.79 Å². The lowest BCUT2D eigenvalue weighted by molar-refractivity contribution is -0.305. The molecule has 0 aromatic carbocycles. The van der Waals surface area contributed by atoms with Gasteiger partial charge in [0.05, 0.1) is 19.8 Å². The maximum Gasteiger partial charge on any atom is 0.306 e. The van der Waals surface area contributed by atoms with Crippen LogP contribution in [0.4, 0.5) is 0 Å². The van der Waals surface area contributed by atoms with Crippen molar-refractivity contribution in [2.75, 3.05) is 26.4 Å². The van der Waals surface area contributed by atoms with E-state index in [9.17, 15) is 25.2 Å². The number of unbranched alkanes of at least 4 members (excludes halogenated alkanes) is 24. The summed E-state index contributed by atoms with van der Waals surface area (Å²) in [5.74, 6) is -0.322. The van der Waals surface area contributed by atoms with Crippen LogP contribution in [0, 0.1) is 0 Å². The molecule has 1 saturated heterocycles. The lowest BCUT2D eigenvalue weighted by Crippen LogP contribution is -2.59. The van der Waals surface area contributed by atoms with E-state index in [-0.39, 0.29) is 19.2 Å². The third-order valence-corrected chi connectivity index (χ3v) is 12.4. The fourth-order valence-corrected chi connectivity index (χ4v) is 8.10. The predicted octanol–water partition coefficient (Wildman–Crippen LogP) is 14.0. The molecule has 1 heterocycles. The van der Waals surface area contributed by atoms with E-state index >= 15 is 0 Å². The van der Waals surface area contributed by atoms with E-state index < -0.39 is 43.4 Å². The van der Waals surface area contributed by atoms with Gasteiger partial charge in [0.25, 0.3) is 0 Å². The molecule has 1 aliphatic rings. The lowest BCUT2D eigenvalue weighted by atomic mass is 9.99. The third-order valence-electron chi connectivity index (χ3n) is 12.4. The highest BCUT2D eigenvalue weighted by Crippen LogP contribution is 2.23. The molecule has 388 valence electrons. The third kappa shape index (κ3) is 39.1. The smallest absolute Gasteiger partial charge is 0.306 e. The summed E-state index contributed by atoms with van der Waals surface area (Å²) in [6.45, 7) is 4.43. The van der Waals surface area contributed by atoms with E-state index in [1.165, 1.54) is 128 Å². The van der Waals surface area contributed by atoms with Gasteiger partial charge >= 0.3 is 5.97 Å². The van der Waals surface area contributed by atoms with Crippen molar-refractivity contribution >= 4 is 5.97 Å². The number of esters is 1. The first-order chi connectivity index (χ1) is 32.9. The second kappa shape index (κ2) is 48.6. The Labute approximate surface area is 410 Å². The van der Waals surface area contributed by atoms with Gasteiger partial charge in [0.1, 0.15) is 30.5 Å². The van der Waals surface area contributed by atoms with Crippen LogP contribution in [-0.4, -0.2) is 89.6 Å². The van der Waals surface area contributed by atoms with Crippen LogP contribution in [-0.2, 0) is 23.7 Å². The maximum atomic E-state index is 12.9. The highest BCUT2D eigenvalue weighted by molar-refractivity contribution is 5.69. The summed E-state index contributed by atoms with van der Waals surface area (Å²) in [5, 5.41) is 40.3. The Morgan fingerprint density at radius 3 is 1.37 bits per heavy atom. The van der Waals surface area contributed by atoms with Crippen molar-refractivity contribution in [3.8, 4) is 0 Å². The summed E-state index contributed by atoms with van der Waals surface area (Å²) in [6.07, 6.45) is 58.0. The van der Waals surface area contributed by atoms with E-state index in [1.807, 2.05) is 0 Å². The molecule has 0 aromatic heterocycles. The summed E-state index contributed by atoms with van der Waals surface area (Å²) in [6, 6.07) is 0. The molecule has 9 heteroatoms. The van der Waals surface area contributed by atoms with E-state index in [1.54, 1.807) is 0 Å². The zero-order valence-corrected chi connectivity index (χ0v) is 42.9. The summed E-state index contributed by atoms with van der Waals surface area (Å²) in [7, 11) is 0. The number of carbonyl (C=O) groups is 1. The molecule has 0 spiro atoms. The maximum absolute atomic E-state index is 12.9. The first-order valence-corrected chi connectivity index (χ1v) is 27.5. The number of allylic oxidation sites excluding steroid dienone is 12. The van der Waals surface area contributed by atoms with Crippen LogP contribution in [0.25, 0.3) is 0 Å². The topological polar surface area (TPSA) is 135 Å². The normalized spacial score (nSPS) is 19.8. The van der Waals surface area contributed by atoms with Crippen LogP contribution >= 0.6 is 0 Å². The number of hydrogen-bond donors (Lipinski definition) is 4. The van der Waals surface area contributed by atoms with Gasteiger partial charge in [-0.2, -0.15) is 0 Å². The molecule has 1 aliphatic heterocycles. The van der Waals surface area contributed by atoms with Gasteiger partial charge in [-0.1, -0.05) is 209 Å². The molecule has 6 unspecified atom stereocenters. The molecule has 0 amide bonds. The van der Waals surface area contributed by atoms with E-state index in [0.717, 1.165) is 77.0 Å². The SMILES string of the molecule is CC/C=C\C/C=C\C/C=C\C/C=C\CCCCCCCCCCCCCCCOCC(COC1OC(CO)C(O)C(O)C1O)OC(=O)CCCCCCCCC/C=C\C/C=C\CCCCCC. The monoisotopic (exact) mass is 943 g/mol. The molecule has 6 atom stereocenters. The molecule has 0 radical (unpaired) electrons. The van der Waals surface area contributed by atoms with Crippen LogP contribution in [0.3, 0.4) is 0 Å². The minimum atomic E-state index is -1.54. The number of rotatable bonds is 47. The largest absolute Gasteiger partial charge is 0.457 e. The molecular formula is C58H102O9. The zero-order chi connectivity index (χ0) is 48.5. The Kier molecular flexibility index (Phi) is 45.5. The molecular weight excluding hydrogens is 841 g/mol. The number of carbonyl (C=O) groups excluding carboxylic acids is 1. The molecule has 9 nitrogen and oxygen atoms in total. The fourth-order valence-electron chi connectivity index (χ4n) is 8.10. The van der Waals surface area contributed by atoms with E-state index in [4.69, 9.17) is 18.9 Å². The minimum Gasteiger partial charge on any atom is -0.457 e. The average molecular weight is 943 g/mol. The van der Waals surface area contributed by atoms with Crippen LogP contribution in [0.1, 0.15) is 226 Å². The fraction of sp³-hybridized carbons (Fsp3) is 0.776. The average Bonchev–Trinajstić information content (AvgIpc) is 3.33. The van der Waals surface area contributed by atoms with Gasteiger partial charge < -0.3 is 39.4 Å². The van der Waals surface area contributed by atoms with Crippen molar-refractivity contribution < 1.29 is 44.2 Å². The molecule has 0 aromatic rings. The van der Waals surface area contributed by atoms with Gasteiger partial charge in [0, 0.05) is 13.0 Å². The summed E-state index contributed by atoms with van der Waals surface area (Å²) in [4.78, 5) is 12.9. The van der Waals surface area contributed by atoms with E-state index in [2.05, 4.69) is 86.8 Å². The van der Waals surface area contributed by atoms with Crippen molar-refractivity contribution in [1.82, 2.24) is 0 Å². The predicted molar refractivity (Wildman–Crippen MR) is 279 cm³/mol. The van der Waals surface area contributed by atoms with Gasteiger partial charge in [-0.15, -0.1) is 0 Å². The Morgan fingerprint density at radius 1 is 0.493 bits per heavy atom. The Morgan fingerprint density at radius 2 is 0.910 bits per heavy atom. The molecule has 1 fully saturated rings. The highest BCUT2D eigenvalue weighted by atomic mass is 16.7. The highest BCUT2D eigenvalue weighted by Gasteiger charge is 2.44. The number of aliphatic hydroxyl groups excluding tert-OH is 4. The van der Waals surface area contributed by atoms with Crippen molar-refractivity contribution in [2.45, 2.75) is 263 Å². The van der Waals surface area contributed by atoms with Gasteiger partial charge in [-0.25, -0.2) is 0 Å². The molecule has 67 heavy (non-hydrogen) atoms. The van der Waals surface area contributed by atoms with Crippen LogP contribution in [0.5, 0.6) is 0 Å². The van der Waals surface area contributed by atoms with E-state index in [0.29, 0.717) is 13.0 Å². The summed E-state index contributed by atoms with van der Waals surface area (Å²) < 4.78 is 22.9. The Balaban J connectivity index is 2.17. The minimum absolute atomic E-state index is 0.119. The van der Waals surface area contributed by atoms with Crippen molar-refractivity contribution in [3.63, 3.8) is 0 Å². The van der Waals surface area contributed by atoms with Crippen LogP contribution < -0.4 is 0 Å². The van der Waals surface area contributed by atoms with Gasteiger partial charge in [0.2, 0.25) is 0 Å². The molecule has 1 rings (SSSR count). The van der Waals surface area contributed by atoms with Crippen molar-refractivity contribution in [3.05, 3.63) is 72.9 Å². The second-order valence-corrected chi connectivity index (χ2v) is 18.6. The Bertz CT molecular complexity index is 1260. The van der Waals surface area contributed by atoms with Gasteiger partial charge in [-0.05, 0) is 83.5 Å². The number of ether oxygens (including phenoxy) is 4. The first-order valence-electron chi connectivity index (χ1n) is 27.5. The zero-order valence-electron chi connectivity index (χ0n) is 42.9. The second-order valence-electron chi connectivity index (χ2n) is 18.6.